The molecule has 3 aromatic heterocycles. The van der Waals surface area contributed by atoms with Crippen molar-refractivity contribution in [1.82, 2.24) is 29.5 Å². The highest BCUT2D eigenvalue weighted by Crippen LogP contribution is 2.10. The van der Waals surface area contributed by atoms with Crippen LogP contribution < -0.4 is 5.32 Å². The summed E-state index contributed by atoms with van der Waals surface area (Å²) in [7, 11) is 0. The van der Waals surface area contributed by atoms with Crippen LogP contribution in [-0.4, -0.2) is 29.5 Å². The zero-order chi connectivity index (χ0) is 14.7. The van der Waals surface area contributed by atoms with Gasteiger partial charge in [-0.3, -0.25) is 9.55 Å². The molecule has 3 heterocycles. The molecule has 0 fully saturated rings. The maximum absolute atomic E-state index is 5.92. The van der Waals surface area contributed by atoms with Crippen LogP contribution in [0.3, 0.4) is 0 Å². The third-order valence-electron chi connectivity index (χ3n) is 2.75. The quantitative estimate of drug-likeness (QED) is 0.794. The van der Waals surface area contributed by atoms with E-state index < -0.39 is 0 Å². The number of halogens is 1. The molecule has 0 radical (unpaired) electrons. The van der Waals surface area contributed by atoms with Gasteiger partial charge in [-0.05, 0) is 30.2 Å². The fourth-order valence-corrected chi connectivity index (χ4v) is 1.85. The predicted molar refractivity (Wildman–Crippen MR) is 78.3 cm³/mol. The van der Waals surface area contributed by atoms with Gasteiger partial charge in [0.2, 0.25) is 17.2 Å². The third kappa shape index (κ3) is 3.32. The average molecular weight is 302 g/mol. The summed E-state index contributed by atoms with van der Waals surface area (Å²) in [6, 6.07) is 3.95. The standard InChI is InChI=1S/C13H12ClN7/c1-9-2-3-10(6-16-9)7-17-12-18-11(14)19-13(20-12)21-5-4-15-8-21/h2-6,8H,7H2,1H3,(H,17,18,19,20). The Labute approximate surface area is 126 Å². The molecule has 0 saturated carbocycles. The van der Waals surface area contributed by atoms with E-state index in [2.05, 4.69) is 30.2 Å². The van der Waals surface area contributed by atoms with Gasteiger partial charge in [0.15, 0.2) is 0 Å². The minimum atomic E-state index is 0.123. The molecule has 0 atom stereocenters. The van der Waals surface area contributed by atoms with Crippen LogP contribution in [0.1, 0.15) is 11.3 Å². The van der Waals surface area contributed by atoms with Crippen LogP contribution in [0, 0.1) is 6.92 Å². The van der Waals surface area contributed by atoms with E-state index in [-0.39, 0.29) is 5.28 Å². The Hall–Kier alpha value is -2.54. The number of rotatable bonds is 4. The highest BCUT2D eigenvalue weighted by atomic mass is 35.5. The van der Waals surface area contributed by atoms with Crippen LogP contribution in [0.15, 0.2) is 37.1 Å². The maximum Gasteiger partial charge on any atom is 0.241 e. The van der Waals surface area contributed by atoms with Crippen molar-refractivity contribution < 1.29 is 0 Å². The van der Waals surface area contributed by atoms with Crippen molar-refractivity contribution in [1.29, 1.82) is 0 Å². The summed E-state index contributed by atoms with van der Waals surface area (Å²) in [5.41, 5.74) is 2.01. The van der Waals surface area contributed by atoms with E-state index in [0.29, 0.717) is 18.4 Å². The van der Waals surface area contributed by atoms with Gasteiger partial charge in [0, 0.05) is 30.8 Å². The van der Waals surface area contributed by atoms with Gasteiger partial charge in [0.25, 0.3) is 0 Å². The Balaban J connectivity index is 1.78. The molecule has 0 spiro atoms. The normalized spacial score (nSPS) is 10.6. The minimum absolute atomic E-state index is 0.123. The summed E-state index contributed by atoms with van der Waals surface area (Å²) >= 11 is 5.92. The predicted octanol–water partition coefficient (Wildman–Crippen LogP) is 2.03. The number of nitrogens with one attached hydrogen (secondary N) is 1. The first-order valence-corrected chi connectivity index (χ1v) is 6.64. The highest BCUT2D eigenvalue weighted by Gasteiger charge is 2.06. The van der Waals surface area contributed by atoms with Gasteiger partial charge in [-0.2, -0.15) is 15.0 Å². The van der Waals surface area contributed by atoms with Crippen LogP contribution in [0.2, 0.25) is 5.28 Å². The minimum Gasteiger partial charge on any atom is -0.350 e. The molecule has 8 heteroatoms. The Morgan fingerprint density at radius 2 is 2.14 bits per heavy atom. The molecular weight excluding hydrogens is 290 g/mol. The van der Waals surface area contributed by atoms with Crippen molar-refractivity contribution in [3.63, 3.8) is 0 Å². The lowest BCUT2D eigenvalue weighted by atomic mass is 10.2. The summed E-state index contributed by atoms with van der Waals surface area (Å²) in [6.45, 7) is 2.50. The molecule has 0 aromatic carbocycles. The first-order chi connectivity index (χ1) is 10.2. The van der Waals surface area contributed by atoms with Gasteiger partial charge in [-0.1, -0.05) is 6.07 Å². The molecule has 0 aliphatic carbocycles. The summed E-state index contributed by atoms with van der Waals surface area (Å²) in [5.74, 6) is 0.816. The SMILES string of the molecule is Cc1ccc(CNc2nc(Cl)nc(-n3ccnc3)n2)cn1. The summed E-state index contributed by atoms with van der Waals surface area (Å²) in [4.78, 5) is 20.6. The van der Waals surface area contributed by atoms with E-state index in [1.54, 1.807) is 23.3 Å². The van der Waals surface area contributed by atoms with E-state index in [9.17, 15) is 0 Å². The first kappa shape index (κ1) is 13.4. The van der Waals surface area contributed by atoms with Crippen molar-refractivity contribution >= 4 is 17.5 Å². The topological polar surface area (TPSA) is 81.4 Å². The van der Waals surface area contributed by atoms with E-state index >= 15 is 0 Å². The lowest BCUT2D eigenvalue weighted by molar-refractivity contribution is 0.887. The number of imidazole rings is 1. The lowest BCUT2D eigenvalue weighted by Gasteiger charge is -2.07. The Morgan fingerprint density at radius 3 is 2.86 bits per heavy atom. The summed E-state index contributed by atoms with van der Waals surface area (Å²) < 4.78 is 1.66. The van der Waals surface area contributed by atoms with Crippen LogP contribution in [0.25, 0.3) is 5.95 Å². The van der Waals surface area contributed by atoms with Crippen molar-refractivity contribution in [2.24, 2.45) is 0 Å². The monoisotopic (exact) mass is 301 g/mol. The van der Waals surface area contributed by atoms with Crippen molar-refractivity contribution in [2.45, 2.75) is 13.5 Å². The number of hydrogen-bond donors (Lipinski definition) is 1. The van der Waals surface area contributed by atoms with E-state index in [1.165, 1.54) is 0 Å². The molecule has 3 rings (SSSR count). The van der Waals surface area contributed by atoms with E-state index in [4.69, 9.17) is 11.6 Å². The molecule has 0 amide bonds. The highest BCUT2D eigenvalue weighted by molar-refractivity contribution is 6.28. The smallest absolute Gasteiger partial charge is 0.241 e. The van der Waals surface area contributed by atoms with Crippen molar-refractivity contribution in [3.05, 3.63) is 53.6 Å². The van der Waals surface area contributed by atoms with Gasteiger partial charge in [0.1, 0.15) is 6.33 Å². The number of anilines is 1. The summed E-state index contributed by atoms with van der Waals surface area (Å²) in [5, 5.41) is 3.23. The van der Waals surface area contributed by atoms with E-state index in [1.807, 2.05) is 25.3 Å². The van der Waals surface area contributed by atoms with Gasteiger partial charge < -0.3 is 5.32 Å². The van der Waals surface area contributed by atoms with Crippen LogP contribution >= 0.6 is 11.6 Å². The molecule has 106 valence electrons. The molecule has 21 heavy (non-hydrogen) atoms. The molecule has 0 aliphatic rings. The van der Waals surface area contributed by atoms with Crippen LogP contribution in [0.5, 0.6) is 0 Å². The maximum atomic E-state index is 5.92. The molecule has 0 bridgehead atoms. The van der Waals surface area contributed by atoms with Crippen LogP contribution in [-0.2, 0) is 6.54 Å². The van der Waals surface area contributed by atoms with Gasteiger partial charge >= 0.3 is 0 Å². The molecule has 0 saturated heterocycles. The van der Waals surface area contributed by atoms with Crippen molar-refractivity contribution in [3.8, 4) is 5.95 Å². The summed E-state index contributed by atoms with van der Waals surface area (Å²) in [6.07, 6.45) is 6.78. The fourth-order valence-electron chi connectivity index (χ4n) is 1.70. The first-order valence-electron chi connectivity index (χ1n) is 6.26. The number of pyridine rings is 1. The van der Waals surface area contributed by atoms with Gasteiger partial charge in [0.05, 0.1) is 0 Å². The molecule has 0 unspecified atom stereocenters. The molecule has 3 aromatic rings. The lowest BCUT2D eigenvalue weighted by Crippen LogP contribution is -2.08. The second-order valence-electron chi connectivity index (χ2n) is 4.36. The molecule has 0 aliphatic heterocycles. The third-order valence-corrected chi connectivity index (χ3v) is 2.92. The number of aromatic nitrogens is 6. The Kier molecular flexibility index (Phi) is 3.74. The average Bonchev–Trinajstić information content (AvgIpc) is 3.00. The fraction of sp³-hybridized carbons (Fsp3) is 0.154. The largest absolute Gasteiger partial charge is 0.350 e. The van der Waals surface area contributed by atoms with Gasteiger partial charge in [-0.15, -0.1) is 0 Å². The molecule has 7 nitrogen and oxygen atoms in total. The zero-order valence-electron chi connectivity index (χ0n) is 11.2. The van der Waals surface area contributed by atoms with E-state index in [0.717, 1.165) is 11.3 Å². The van der Waals surface area contributed by atoms with Crippen molar-refractivity contribution in [2.75, 3.05) is 5.32 Å². The molecule has 1 N–H and O–H groups in total. The Bertz CT molecular complexity index is 725. The number of hydrogen-bond acceptors (Lipinski definition) is 6. The second-order valence-corrected chi connectivity index (χ2v) is 4.70. The number of aryl methyl sites for hydroxylation is 1. The van der Waals surface area contributed by atoms with Crippen LogP contribution in [0.4, 0.5) is 5.95 Å². The molecular formula is C13H12ClN7. The van der Waals surface area contributed by atoms with Gasteiger partial charge in [-0.25, -0.2) is 4.98 Å². The zero-order valence-corrected chi connectivity index (χ0v) is 12.0. The number of nitrogens with zero attached hydrogens (tertiary/aromatic N) is 6. The second kappa shape index (κ2) is 5.84. The Morgan fingerprint density at radius 1 is 1.24 bits per heavy atom.